The Morgan fingerprint density at radius 3 is 2.21 bits per heavy atom. The van der Waals surface area contributed by atoms with Crippen molar-refractivity contribution in [1.82, 2.24) is 0 Å². The normalized spacial score (nSPS) is 28.9. The van der Waals surface area contributed by atoms with Crippen LogP contribution in [0.25, 0.3) is 0 Å². The number of hydrogen-bond acceptors (Lipinski definition) is 5. The Hall–Kier alpha value is -1.33. The quantitative estimate of drug-likeness (QED) is 0.119. The first kappa shape index (κ1) is 41.8. The van der Waals surface area contributed by atoms with E-state index in [9.17, 15) is 5.11 Å². The lowest BCUT2D eigenvalue weighted by atomic mass is 9.88. The van der Waals surface area contributed by atoms with Gasteiger partial charge in [0, 0.05) is 12.3 Å². The lowest BCUT2D eigenvalue weighted by Gasteiger charge is -2.48. The van der Waals surface area contributed by atoms with Crippen LogP contribution in [-0.4, -0.2) is 58.6 Å². The predicted octanol–water partition coefficient (Wildman–Crippen LogP) is 10.8. The molecule has 0 saturated carbocycles. The Morgan fingerprint density at radius 1 is 1.00 bits per heavy atom. The molecule has 2 aliphatic heterocycles. The number of hydrogen-bond donors (Lipinski definition) is 1. The van der Waals surface area contributed by atoms with Crippen molar-refractivity contribution in [2.75, 3.05) is 0 Å². The van der Waals surface area contributed by atoms with Crippen LogP contribution in [-0.2, 0) is 18.3 Å². The van der Waals surface area contributed by atoms with Crippen molar-refractivity contribution < 1.29 is 23.4 Å². The van der Waals surface area contributed by atoms with E-state index < -0.39 is 22.9 Å². The Labute approximate surface area is 291 Å². The summed E-state index contributed by atoms with van der Waals surface area (Å²) in [4.78, 5) is 0. The molecule has 2 heterocycles. The van der Waals surface area contributed by atoms with Gasteiger partial charge in [-0.2, -0.15) is 0 Å². The molecule has 0 amide bonds. The standard InChI is InChI=1S/C40H70O5Si2/c1-16-19-34-32(5)36(45-47(14,15)40(9,10)11)28-37(43-34)35(44-46(12,13)39(6,7)8)22-17-20-29(2)26-31(4)27-30(3)24-25-33-21-18-23-38(41)42-33/h16-20,22-25,27,31-38,41H,21,26,28H2,1-15H3/b19-16+,22-17+,25-24+,29-20+,30-27-/t31-,32-,33-,34+,35-,36-,37+,38-/m1/s1. The Kier molecular flexibility index (Phi) is 15.6. The predicted molar refractivity (Wildman–Crippen MR) is 206 cm³/mol. The van der Waals surface area contributed by atoms with Crippen molar-refractivity contribution in [2.24, 2.45) is 11.8 Å². The molecular weight excluding hydrogens is 617 g/mol. The van der Waals surface area contributed by atoms with Gasteiger partial charge in [0.1, 0.15) is 0 Å². The molecule has 0 aromatic heterocycles. The van der Waals surface area contributed by atoms with E-state index in [0.717, 1.165) is 19.3 Å². The summed E-state index contributed by atoms with van der Waals surface area (Å²) in [5.41, 5.74) is 2.52. The molecule has 268 valence electrons. The van der Waals surface area contributed by atoms with Crippen molar-refractivity contribution in [3.05, 3.63) is 71.9 Å². The van der Waals surface area contributed by atoms with Gasteiger partial charge in [0.05, 0.1) is 30.5 Å². The van der Waals surface area contributed by atoms with E-state index in [1.807, 2.05) is 12.2 Å². The maximum absolute atomic E-state index is 9.69. The van der Waals surface area contributed by atoms with E-state index in [0.29, 0.717) is 5.92 Å². The van der Waals surface area contributed by atoms with E-state index in [2.05, 4.69) is 145 Å². The minimum Gasteiger partial charge on any atom is -0.413 e. The third kappa shape index (κ3) is 13.1. The summed E-state index contributed by atoms with van der Waals surface area (Å²) >= 11 is 0. The average molecular weight is 687 g/mol. The molecule has 1 N–H and O–H groups in total. The monoisotopic (exact) mass is 686 g/mol. The molecule has 2 rings (SSSR count). The smallest absolute Gasteiger partial charge is 0.193 e. The van der Waals surface area contributed by atoms with Gasteiger partial charge >= 0.3 is 0 Å². The first-order valence-electron chi connectivity index (χ1n) is 17.9. The second-order valence-corrected chi connectivity index (χ2v) is 26.6. The minimum absolute atomic E-state index is 0.0131. The zero-order chi connectivity index (χ0) is 35.8. The number of aliphatic hydroxyl groups excluding tert-OH is 1. The third-order valence-corrected chi connectivity index (χ3v) is 19.5. The molecule has 8 atom stereocenters. The maximum Gasteiger partial charge on any atom is 0.193 e. The number of ether oxygens (including phenoxy) is 2. The lowest BCUT2D eigenvalue weighted by Crippen LogP contribution is -2.55. The fourth-order valence-corrected chi connectivity index (χ4v) is 8.27. The summed E-state index contributed by atoms with van der Waals surface area (Å²) in [6, 6.07) is 0. The number of allylic oxidation sites excluding steroid dienone is 7. The summed E-state index contributed by atoms with van der Waals surface area (Å²) in [7, 11) is -4.08. The van der Waals surface area contributed by atoms with E-state index in [1.165, 1.54) is 11.1 Å². The Morgan fingerprint density at radius 2 is 1.64 bits per heavy atom. The minimum atomic E-state index is -2.10. The van der Waals surface area contributed by atoms with Crippen molar-refractivity contribution in [1.29, 1.82) is 0 Å². The van der Waals surface area contributed by atoms with Gasteiger partial charge in [0.25, 0.3) is 0 Å². The van der Waals surface area contributed by atoms with Crippen molar-refractivity contribution in [3.63, 3.8) is 0 Å². The molecule has 2 aliphatic rings. The molecule has 0 aromatic carbocycles. The van der Waals surface area contributed by atoms with Crippen LogP contribution in [0.15, 0.2) is 71.9 Å². The van der Waals surface area contributed by atoms with E-state index in [4.69, 9.17) is 18.3 Å². The molecule has 0 unspecified atom stereocenters. The first-order valence-corrected chi connectivity index (χ1v) is 23.7. The maximum atomic E-state index is 9.69. The molecular formula is C40H70O5Si2. The first-order chi connectivity index (χ1) is 21.6. The van der Waals surface area contributed by atoms with Crippen LogP contribution >= 0.6 is 0 Å². The fraction of sp³-hybridized carbons (Fsp3) is 0.700. The van der Waals surface area contributed by atoms with Crippen LogP contribution in [0.4, 0.5) is 0 Å². The molecule has 0 spiro atoms. The SMILES string of the molecule is C/C=C/[C@@H]1O[C@H]([C@@H](/C=C/C=C(\C)C[C@@H](C)/C=C(C)\C=C\[C@H]2CC=C[C@H](O)O2)O[Si](C)(C)C(C)(C)C)C[C@@H](O[Si](C)(C)C(C)(C)C)[C@@H]1C. The van der Waals surface area contributed by atoms with Gasteiger partial charge in [-0.1, -0.05) is 121 Å². The molecule has 0 bridgehead atoms. The molecule has 5 nitrogen and oxygen atoms in total. The second-order valence-electron chi connectivity index (χ2n) is 17.1. The fourth-order valence-electron chi connectivity index (χ4n) is 5.59. The van der Waals surface area contributed by atoms with Gasteiger partial charge in [0.15, 0.2) is 22.9 Å². The van der Waals surface area contributed by atoms with Gasteiger partial charge in [-0.05, 0) is 81.9 Å². The van der Waals surface area contributed by atoms with Crippen molar-refractivity contribution >= 4 is 16.6 Å². The van der Waals surface area contributed by atoms with Gasteiger partial charge < -0.3 is 23.4 Å². The summed E-state index contributed by atoms with van der Waals surface area (Å²) in [5.74, 6) is 0.655. The highest BCUT2D eigenvalue weighted by Crippen LogP contribution is 2.43. The molecule has 0 radical (unpaired) electrons. The van der Waals surface area contributed by atoms with Gasteiger partial charge in [-0.25, -0.2) is 0 Å². The molecule has 1 saturated heterocycles. The van der Waals surface area contributed by atoms with Crippen LogP contribution in [0.1, 0.15) is 95.4 Å². The van der Waals surface area contributed by atoms with Crippen LogP contribution in [0.3, 0.4) is 0 Å². The van der Waals surface area contributed by atoms with Crippen molar-refractivity contribution in [3.8, 4) is 0 Å². The topological polar surface area (TPSA) is 57.2 Å². The molecule has 47 heavy (non-hydrogen) atoms. The van der Waals surface area contributed by atoms with Gasteiger partial charge in [0.2, 0.25) is 0 Å². The lowest BCUT2D eigenvalue weighted by molar-refractivity contribution is -0.132. The largest absolute Gasteiger partial charge is 0.413 e. The highest BCUT2D eigenvalue weighted by molar-refractivity contribution is 6.74. The summed E-state index contributed by atoms with van der Waals surface area (Å²) in [6.07, 6.45) is 22.6. The number of rotatable bonds is 13. The zero-order valence-corrected chi connectivity index (χ0v) is 34.6. The van der Waals surface area contributed by atoms with Crippen LogP contribution in [0, 0.1) is 11.8 Å². The van der Waals surface area contributed by atoms with Crippen LogP contribution in [0.5, 0.6) is 0 Å². The Bertz CT molecular complexity index is 1160. The Balaban J connectivity index is 2.28. The molecule has 7 heteroatoms. The van der Waals surface area contributed by atoms with Gasteiger partial charge in [-0.15, -0.1) is 0 Å². The van der Waals surface area contributed by atoms with Gasteiger partial charge in [-0.3, -0.25) is 0 Å². The van der Waals surface area contributed by atoms with Crippen LogP contribution < -0.4 is 0 Å². The average Bonchev–Trinajstić information content (AvgIpc) is 2.92. The highest BCUT2D eigenvalue weighted by atomic mass is 28.4. The molecule has 0 aromatic rings. The second kappa shape index (κ2) is 17.6. The number of aliphatic hydroxyl groups is 1. The van der Waals surface area contributed by atoms with E-state index >= 15 is 0 Å². The zero-order valence-electron chi connectivity index (χ0n) is 32.6. The summed E-state index contributed by atoms with van der Waals surface area (Å²) in [6.45, 7) is 34.2. The van der Waals surface area contributed by atoms with Crippen molar-refractivity contribution in [2.45, 2.75) is 168 Å². The summed E-state index contributed by atoms with van der Waals surface area (Å²) in [5, 5.41) is 9.92. The summed E-state index contributed by atoms with van der Waals surface area (Å²) < 4.78 is 26.6. The highest BCUT2D eigenvalue weighted by Gasteiger charge is 2.47. The van der Waals surface area contributed by atoms with E-state index in [-0.39, 0.29) is 46.5 Å². The van der Waals surface area contributed by atoms with E-state index in [1.54, 1.807) is 6.08 Å². The molecule has 1 fully saturated rings. The van der Waals surface area contributed by atoms with Crippen LogP contribution in [0.2, 0.25) is 36.3 Å². The third-order valence-electron chi connectivity index (χ3n) is 10.6. The molecule has 0 aliphatic carbocycles.